The van der Waals surface area contributed by atoms with Crippen LogP contribution in [0.15, 0.2) is 18.0 Å². The highest BCUT2D eigenvalue weighted by Gasteiger charge is 2.21. The van der Waals surface area contributed by atoms with Crippen LogP contribution in [0.2, 0.25) is 0 Å². The topological polar surface area (TPSA) is 45.6 Å². The summed E-state index contributed by atoms with van der Waals surface area (Å²) in [6.45, 7) is 6.93. The highest BCUT2D eigenvalue weighted by atomic mass is 32.1. The van der Waals surface area contributed by atoms with Gasteiger partial charge in [0.05, 0.1) is 12.3 Å². The number of thiazole rings is 1. The molecule has 4 nitrogen and oxygen atoms in total. The average Bonchev–Trinajstić information content (AvgIpc) is 2.98. The molecule has 1 atom stereocenters. The minimum Gasteiger partial charge on any atom is -0.395 e. The fraction of sp³-hybridized carbons (Fsp3) is 0.615. The second-order valence-electron chi connectivity index (χ2n) is 4.43. The van der Waals surface area contributed by atoms with Crippen LogP contribution in [0.5, 0.6) is 0 Å². The van der Waals surface area contributed by atoms with Crippen molar-refractivity contribution in [3.05, 3.63) is 28.7 Å². The van der Waals surface area contributed by atoms with Crippen molar-refractivity contribution in [2.75, 3.05) is 26.3 Å². The summed E-state index contributed by atoms with van der Waals surface area (Å²) >= 11 is 1.67. The van der Waals surface area contributed by atoms with Gasteiger partial charge in [-0.05, 0) is 12.8 Å². The van der Waals surface area contributed by atoms with E-state index in [9.17, 15) is 0 Å². The summed E-state index contributed by atoms with van der Waals surface area (Å²) in [5.74, 6) is 0. The zero-order valence-corrected chi connectivity index (χ0v) is 11.4. The zero-order chi connectivity index (χ0) is 12.8. The van der Waals surface area contributed by atoms with Crippen molar-refractivity contribution >= 4 is 11.3 Å². The molecule has 0 spiro atoms. The lowest BCUT2D eigenvalue weighted by molar-refractivity contribution is 0.111. The first-order valence-electron chi connectivity index (χ1n) is 6.33. The Morgan fingerprint density at radius 2 is 2.56 bits per heavy atom. The van der Waals surface area contributed by atoms with Gasteiger partial charge in [0.25, 0.3) is 0 Å². The first-order valence-corrected chi connectivity index (χ1v) is 7.21. The molecular formula is C13H20N2O2S. The molecule has 18 heavy (non-hydrogen) atoms. The van der Waals surface area contributed by atoms with Crippen LogP contribution in [0.1, 0.15) is 29.6 Å². The number of hydrogen-bond donors (Lipinski definition) is 1. The van der Waals surface area contributed by atoms with Crippen LogP contribution in [-0.4, -0.2) is 41.3 Å². The molecular weight excluding hydrogens is 248 g/mol. The van der Waals surface area contributed by atoms with E-state index in [-0.39, 0.29) is 12.7 Å². The number of hydrogen-bond acceptors (Lipinski definition) is 5. The maximum Gasteiger partial charge on any atom is 0.122 e. The number of aliphatic hydroxyl groups is 1. The Labute approximate surface area is 112 Å². The molecule has 0 amide bonds. The van der Waals surface area contributed by atoms with Crippen molar-refractivity contribution in [3.63, 3.8) is 0 Å². The van der Waals surface area contributed by atoms with Crippen LogP contribution >= 0.6 is 11.3 Å². The predicted molar refractivity (Wildman–Crippen MR) is 72.6 cm³/mol. The van der Waals surface area contributed by atoms with Crippen LogP contribution in [0.25, 0.3) is 0 Å². The van der Waals surface area contributed by atoms with Crippen molar-refractivity contribution in [3.8, 4) is 0 Å². The number of aliphatic hydroxyl groups excluding tert-OH is 1. The number of nitrogens with zero attached hydrogens (tertiary/aromatic N) is 2. The molecule has 1 aliphatic rings. The molecule has 1 unspecified atom stereocenters. The second kappa shape index (κ2) is 6.99. The van der Waals surface area contributed by atoms with E-state index in [1.54, 1.807) is 11.3 Å². The van der Waals surface area contributed by atoms with Gasteiger partial charge in [-0.3, -0.25) is 4.90 Å². The Hall–Kier alpha value is -0.750. The molecule has 0 bridgehead atoms. The minimum absolute atomic E-state index is 0.163. The second-order valence-corrected chi connectivity index (χ2v) is 5.32. The van der Waals surface area contributed by atoms with E-state index in [2.05, 4.69) is 21.8 Å². The Kier molecular flexibility index (Phi) is 5.31. The van der Waals surface area contributed by atoms with Crippen LogP contribution in [0.4, 0.5) is 0 Å². The molecule has 0 aliphatic carbocycles. The normalized spacial score (nSPS) is 19.6. The van der Waals surface area contributed by atoms with Gasteiger partial charge in [-0.1, -0.05) is 6.08 Å². The van der Waals surface area contributed by atoms with Crippen molar-refractivity contribution < 1.29 is 9.84 Å². The third-order valence-corrected chi connectivity index (χ3v) is 3.95. The van der Waals surface area contributed by atoms with Crippen molar-refractivity contribution in [1.29, 1.82) is 0 Å². The largest absolute Gasteiger partial charge is 0.395 e. The molecule has 1 aromatic rings. The van der Waals surface area contributed by atoms with E-state index < -0.39 is 0 Å². The van der Waals surface area contributed by atoms with E-state index in [4.69, 9.17) is 9.84 Å². The Bertz CT molecular complexity index is 375. The number of ether oxygens (including phenoxy) is 1. The van der Waals surface area contributed by atoms with Gasteiger partial charge in [0.2, 0.25) is 0 Å². The minimum atomic E-state index is 0.163. The van der Waals surface area contributed by atoms with Gasteiger partial charge in [0, 0.05) is 31.6 Å². The third-order valence-electron chi connectivity index (χ3n) is 2.96. The highest BCUT2D eigenvalue weighted by molar-refractivity contribution is 7.09. The standard InChI is InChI=1S/C13H20N2O2S/c1-2-5-15(6-7-16)9-11-10-18-13(14-11)12-4-3-8-17-12/h2,10,12,16H,1,3-9H2. The third kappa shape index (κ3) is 3.62. The van der Waals surface area contributed by atoms with Crippen LogP contribution < -0.4 is 0 Å². The molecule has 1 saturated heterocycles. The van der Waals surface area contributed by atoms with Gasteiger partial charge in [0.1, 0.15) is 11.1 Å². The highest BCUT2D eigenvalue weighted by Crippen LogP contribution is 2.30. The molecule has 5 heteroatoms. The summed E-state index contributed by atoms with van der Waals surface area (Å²) in [6.07, 6.45) is 4.27. The quantitative estimate of drug-likeness (QED) is 0.768. The maximum atomic E-state index is 9.01. The molecule has 0 saturated carbocycles. The van der Waals surface area contributed by atoms with E-state index in [0.717, 1.165) is 43.2 Å². The van der Waals surface area contributed by atoms with Gasteiger partial charge < -0.3 is 9.84 Å². The van der Waals surface area contributed by atoms with E-state index >= 15 is 0 Å². The number of rotatable bonds is 7. The van der Waals surface area contributed by atoms with E-state index in [1.807, 2.05) is 6.08 Å². The lowest BCUT2D eigenvalue weighted by Crippen LogP contribution is -2.26. The number of aromatic nitrogens is 1. The van der Waals surface area contributed by atoms with E-state index in [0.29, 0.717) is 6.54 Å². The molecule has 2 rings (SSSR count). The summed E-state index contributed by atoms with van der Waals surface area (Å²) in [7, 11) is 0. The van der Waals surface area contributed by atoms with Crippen molar-refractivity contribution in [2.24, 2.45) is 0 Å². The molecule has 1 aliphatic heterocycles. The Balaban J connectivity index is 1.93. The van der Waals surface area contributed by atoms with Gasteiger partial charge in [0.15, 0.2) is 0 Å². The molecule has 0 aromatic carbocycles. The molecule has 2 heterocycles. The van der Waals surface area contributed by atoms with Gasteiger partial charge in [-0.15, -0.1) is 17.9 Å². The molecule has 0 radical (unpaired) electrons. The lowest BCUT2D eigenvalue weighted by Gasteiger charge is -2.17. The lowest BCUT2D eigenvalue weighted by atomic mass is 10.2. The zero-order valence-electron chi connectivity index (χ0n) is 10.5. The van der Waals surface area contributed by atoms with E-state index in [1.165, 1.54) is 0 Å². The van der Waals surface area contributed by atoms with Gasteiger partial charge in [-0.2, -0.15) is 0 Å². The summed E-state index contributed by atoms with van der Waals surface area (Å²) in [6, 6.07) is 0. The summed E-state index contributed by atoms with van der Waals surface area (Å²) in [5.41, 5.74) is 1.06. The molecule has 1 N–H and O–H groups in total. The molecule has 1 fully saturated rings. The monoisotopic (exact) mass is 268 g/mol. The molecule has 1 aromatic heterocycles. The van der Waals surface area contributed by atoms with Gasteiger partial charge in [-0.25, -0.2) is 4.98 Å². The smallest absolute Gasteiger partial charge is 0.122 e. The first-order chi connectivity index (χ1) is 8.83. The van der Waals surface area contributed by atoms with Crippen LogP contribution in [0, 0.1) is 0 Å². The average molecular weight is 268 g/mol. The van der Waals surface area contributed by atoms with Gasteiger partial charge >= 0.3 is 0 Å². The fourth-order valence-corrected chi connectivity index (χ4v) is 3.00. The Morgan fingerprint density at radius 1 is 1.67 bits per heavy atom. The molecule has 100 valence electrons. The van der Waals surface area contributed by atoms with Crippen LogP contribution in [0.3, 0.4) is 0 Å². The SMILES string of the molecule is C=CCN(CCO)Cc1csc(C2CCCO2)n1. The Morgan fingerprint density at radius 3 is 3.22 bits per heavy atom. The summed E-state index contributed by atoms with van der Waals surface area (Å²) < 4.78 is 5.63. The first kappa shape index (κ1) is 13.7. The summed E-state index contributed by atoms with van der Waals surface area (Å²) in [4.78, 5) is 6.76. The fourth-order valence-electron chi connectivity index (χ4n) is 2.10. The predicted octanol–water partition coefficient (Wildman–Crippen LogP) is 1.97. The van der Waals surface area contributed by atoms with Crippen LogP contribution in [-0.2, 0) is 11.3 Å². The van der Waals surface area contributed by atoms with Crippen molar-refractivity contribution in [1.82, 2.24) is 9.88 Å². The van der Waals surface area contributed by atoms with Crippen molar-refractivity contribution in [2.45, 2.75) is 25.5 Å². The maximum absolute atomic E-state index is 9.01. The summed E-state index contributed by atoms with van der Waals surface area (Å²) in [5, 5.41) is 12.2.